The van der Waals surface area contributed by atoms with Crippen molar-refractivity contribution in [2.45, 2.75) is 57.5 Å². The van der Waals surface area contributed by atoms with E-state index in [-0.39, 0.29) is 12.1 Å². The molecule has 0 amide bonds. The molecule has 1 heterocycles. The lowest BCUT2D eigenvalue weighted by Gasteiger charge is -2.28. The highest BCUT2D eigenvalue weighted by molar-refractivity contribution is 5.69. The first-order chi connectivity index (χ1) is 8.50. The van der Waals surface area contributed by atoms with Crippen LogP contribution in [0.4, 0.5) is 0 Å². The van der Waals surface area contributed by atoms with Gasteiger partial charge in [0.2, 0.25) is 0 Å². The molecule has 5 atom stereocenters. The highest BCUT2D eigenvalue weighted by atomic mass is 16.8. The first-order valence-electron chi connectivity index (χ1n) is 6.92. The predicted octanol–water partition coefficient (Wildman–Crippen LogP) is 2.12. The van der Waals surface area contributed by atoms with Crippen LogP contribution in [-0.2, 0) is 19.0 Å². The van der Waals surface area contributed by atoms with Crippen molar-refractivity contribution in [3.63, 3.8) is 0 Å². The Kier molecular flexibility index (Phi) is 2.90. The zero-order chi connectivity index (χ0) is 12.9. The molecule has 0 radical (unpaired) electrons. The van der Waals surface area contributed by atoms with Gasteiger partial charge in [0, 0.05) is 6.42 Å². The first-order valence-corrected chi connectivity index (χ1v) is 6.92. The SMILES string of the molecule is COC(=O)CCC1CC2CC1C1OC(C)(C)OC21. The van der Waals surface area contributed by atoms with Crippen molar-refractivity contribution in [1.29, 1.82) is 0 Å². The van der Waals surface area contributed by atoms with Gasteiger partial charge in [-0.25, -0.2) is 0 Å². The molecule has 102 valence electrons. The van der Waals surface area contributed by atoms with Crippen LogP contribution < -0.4 is 0 Å². The van der Waals surface area contributed by atoms with Crippen LogP contribution in [-0.4, -0.2) is 31.1 Å². The van der Waals surface area contributed by atoms with Gasteiger partial charge in [-0.1, -0.05) is 0 Å². The van der Waals surface area contributed by atoms with Gasteiger partial charge in [0.1, 0.15) is 0 Å². The lowest BCUT2D eigenvalue weighted by atomic mass is 9.82. The molecule has 1 aliphatic heterocycles. The Labute approximate surface area is 108 Å². The molecule has 0 aromatic carbocycles. The zero-order valence-electron chi connectivity index (χ0n) is 11.3. The minimum atomic E-state index is -0.427. The second-order valence-corrected chi connectivity index (χ2v) is 6.33. The molecular weight excluding hydrogens is 232 g/mol. The largest absolute Gasteiger partial charge is 0.469 e. The van der Waals surface area contributed by atoms with Gasteiger partial charge in [-0.2, -0.15) is 0 Å². The van der Waals surface area contributed by atoms with E-state index in [9.17, 15) is 4.79 Å². The number of hydrogen-bond donors (Lipinski definition) is 0. The van der Waals surface area contributed by atoms with E-state index in [1.807, 2.05) is 13.8 Å². The fourth-order valence-corrected chi connectivity index (χ4v) is 4.12. The Hall–Kier alpha value is -0.610. The van der Waals surface area contributed by atoms with Gasteiger partial charge in [-0.15, -0.1) is 0 Å². The van der Waals surface area contributed by atoms with Crippen LogP contribution in [0.15, 0.2) is 0 Å². The highest BCUT2D eigenvalue weighted by Crippen LogP contribution is 2.56. The van der Waals surface area contributed by atoms with Crippen molar-refractivity contribution >= 4 is 5.97 Å². The summed E-state index contributed by atoms with van der Waals surface area (Å²) in [4.78, 5) is 11.2. The van der Waals surface area contributed by atoms with Crippen LogP contribution in [0, 0.1) is 17.8 Å². The van der Waals surface area contributed by atoms with Gasteiger partial charge in [-0.05, 0) is 50.9 Å². The van der Waals surface area contributed by atoms with E-state index < -0.39 is 5.79 Å². The molecule has 3 aliphatic rings. The first kappa shape index (κ1) is 12.4. The standard InChI is InChI=1S/C14H22O4/c1-14(2)17-12-9-6-8(4-5-11(15)16-3)10(7-9)13(12)18-14/h8-10,12-13H,4-7H2,1-3H3. The van der Waals surface area contributed by atoms with Crippen molar-refractivity contribution in [2.75, 3.05) is 7.11 Å². The van der Waals surface area contributed by atoms with Crippen LogP contribution in [0.2, 0.25) is 0 Å². The lowest BCUT2D eigenvalue weighted by molar-refractivity contribution is -0.158. The Balaban J connectivity index is 1.61. The van der Waals surface area contributed by atoms with E-state index >= 15 is 0 Å². The smallest absolute Gasteiger partial charge is 0.305 e. The van der Waals surface area contributed by atoms with Crippen molar-refractivity contribution in [3.05, 3.63) is 0 Å². The van der Waals surface area contributed by atoms with Crippen LogP contribution in [0.3, 0.4) is 0 Å². The van der Waals surface area contributed by atoms with Gasteiger partial charge in [0.25, 0.3) is 0 Å². The zero-order valence-corrected chi connectivity index (χ0v) is 11.3. The molecule has 0 aromatic rings. The number of carbonyl (C=O) groups excluding carboxylic acids is 1. The minimum Gasteiger partial charge on any atom is -0.469 e. The second kappa shape index (κ2) is 4.20. The topological polar surface area (TPSA) is 44.8 Å². The number of rotatable bonds is 3. The van der Waals surface area contributed by atoms with E-state index in [0.717, 1.165) is 6.42 Å². The summed E-state index contributed by atoms with van der Waals surface area (Å²) in [5.41, 5.74) is 0. The highest BCUT2D eigenvalue weighted by Gasteiger charge is 2.59. The van der Waals surface area contributed by atoms with Gasteiger partial charge < -0.3 is 14.2 Å². The molecular formula is C14H22O4. The Morgan fingerprint density at radius 2 is 2.00 bits per heavy atom. The fourth-order valence-electron chi connectivity index (χ4n) is 4.12. The molecule has 1 saturated heterocycles. The Bertz CT molecular complexity index is 352. The predicted molar refractivity (Wildman–Crippen MR) is 64.8 cm³/mol. The molecule has 2 bridgehead atoms. The minimum absolute atomic E-state index is 0.0988. The Morgan fingerprint density at radius 1 is 1.28 bits per heavy atom. The van der Waals surface area contributed by atoms with Gasteiger partial charge in [-0.3, -0.25) is 4.79 Å². The number of fused-ring (bicyclic) bond motifs is 5. The molecule has 0 spiro atoms. The molecule has 4 heteroatoms. The maximum Gasteiger partial charge on any atom is 0.305 e. The van der Waals surface area contributed by atoms with E-state index in [1.165, 1.54) is 20.0 Å². The number of ether oxygens (including phenoxy) is 3. The Morgan fingerprint density at radius 3 is 2.72 bits per heavy atom. The van der Waals surface area contributed by atoms with E-state index in [4.69, 9.17) is 14.2 Å². The monoisotopic (exact) mass is 254 g/mol. The van der Waals surface area contributed by atoms with Crippen molar-refractivity contribution in [2.24, 2.45) is 17.8 Å². The third-order valence-corrected chi connectivity index (χ3v) is 4.78. The van der Waals surface area contributed by atoms with Crippen molar-refractivity contribution < 1.29 is 19.0 Å². The summed E-state index contributed by atoms with van der Waals surface area (Å²) in [6, 6.07) is 0. The molecule has 0 aromatic heterocycles. The average Bonchev–Trinajstić information content (AvgIpc) is 2.93. The fraction of sp³-hybridized carbons (Fsp3) is 0.929. The maximum atomic E-state index is 11.2. The molecule has 3 rings (SSSR count). The molecule has 4 nitrogen and oxygen atoms in total. The van der Waals surface area contributed by atoms with E-state index in [2.05, 4.69) is 0 Å². The van der Waals surface area contributed by atoms with Crippen LogP contribution in [0.25, 0.3) is 0 Å². The average molecular weight is 254 g/mol. The third-order valence-electron chi connectivity index (χ3n) is 4.78. The molecule has 5 unspecified atom stereocenters. The summed E-state index contributed by atoms with van der Waals surface area (Å²) in [6.07, 6.45) is 4.40. The van der Waals surface area contributed by atoms with Gasteiger partial charge >= 0.3 is 5.97 Å². The van der Waals surface area contributed by atoms with Crippen molar-refractivity contribution in [3.8, 4) is 0 Å². The summed E-state index contributed by atoms with van der Waals surface area (Å²) in [5.74, 6) is 1.28. The number of methoxy groups -OCH3 is 1. The number of esters is 1. The van der Waals surface area contributed by atoms with Gasteiger partial charge in [0.05, 0.1) is 19.3 Å². The number of carbonyl (C=O) groups is 1. The van der Waals surface area contributed by atoms with Crippen LogP contribution in [0.1, 0.15) is 39.5 Å². The normalized spacial score (nSPS) is 44.1. The van der Waals surface area contributed by atoms with Crippen molar-refractivity contribution in [1.82, 2.24) is 0 Å². The molecule has 18 heavy (non-hydrogen) atoms. The molecule has 0 N–H and O–H groups in total. The molecule has 3 fully saturated rings. The summed E-state index contributed by atoms with van der Waals surface area (Å²) in [5, 5.41) is 0. The van der Waals surface area contributed by atoms with Crippen LogP contribution in [0.5, 0.6) is 0 Å². The third kappa shape index (κ3) is 1.95. The summed E-state index contributed by atoms with van der Waals surface area (Å²) in [7, 11) is 1.45. The van der Waals surface area contributed by atoms with E-state index in [0.29, 0.717) is 30.3 Å². The lowest BCUT2D eigenvalue weighted by Crippen LogP contribution is -2.34. The van der Waals surface area contributed by atoms with Crippen LogP contribution >= 0.6 is 0 Å². The van der Waals surface area contributed by atoms with E-state index in [1.54, 1.807) is 0 Å². The summed E-state index contributed by atoms with van der Waals surface area (Å²) >= 11 is 0. The second-order valence-electron chi connectivity index (χ2n) is 6.33. The summed E-state index contributed by atoms with van der Waals surface area (Å²) in [6.45, 7) is 3.99. The number of hydrogen-bond acceptors (Lipinski definition) is 4. The molecule has 2 saturated carbocycles. The quantitative estimate of drug-likeness (QED) is 0.724. The van der Waals surface area contributed by atoms with Gasteiger partial charge in [0.15, 0.2) is 5.79 Å². The summed E-state index contributed by atoms with van der Waals surface area (Å²) < 4.78 is 16.7. The molecule has 2 aliphatic carbocycles. The maximum absolute atomic E-state index is 11.2.